The molecular formula is C7H9N7. The van der Waals surface area contributed by atoms with Gasteiger partial charge in [0.15, 0.2) is 5.65 Å². The predicted molar refractivity (Wildman–Crippen MR) is 53.1 cm³/mol. The third-order valence-corrected chi connectivity index (χ3v) is 1.80. The molecule has 0 unspecified atom stereocenters. The Morgan fingerprint density at radius 2 is 1.43 bits per heavy atom. The van der Waals surface area contributed by atoms with Gasteiger partial charge in [-0.3, -0.25) is 0 Å². The van der Waals surface area contributed by atoms with E-state index in [1.807, 2.05) is 0 Å². The Balaban J connectivity index is 2.94. The van der Waals surface area contributed by atoms with Crippen molar-refractivity contribution in [3.05, 3.63) is 5.69 Å². The van der Waals surface area contributed by atoms with Gasteiger partial charge in [0.1, 0.15) is 5.82 Å². The van der Waals surface area contributed by atoms with Gasteiger partial charge in [0.25, 0.3) is 0 Å². The van der Waals surface area contributed by atoms with Gasteiger partial charge in [0.2, 0.25) is 11.9 Å². The van der Waals surface area contributed by atoms with E-state index in [1.165, 1.54) is 0 Å². The van der Waals surface area contributed by atoms with E-state index in [4.69, 9.17) is 17.2 Å². The topological polar surface area (TPSA) is 130 Å². The second kappa shape index (κ2) is 2.66. The Kier molecular flexibility index (Phi) is 1.60. The number of hydrogen-bond acceptors (Lipinski definition) is 7. The van der Waals surface area contributed by atoms with Gasteiger partial charge in [-0.05, 0) is 6.92 Å². The number of aryl methyl sites for hydroxylation is 1. The van der Waals surface area contributed by atoms with Crippen molar-refractivity contribution >= 4 is 28.7 Å². The molecule has 0 aliphatic heterocycles. The van der Waals surface area contributed by atoms with Gasteiger partial charge in [0.05, 0.1) is 11.1 Å². The Morgan fingerprint density at radius 3 is 2.07 bits per heavy atom. The molecule has 0 aliphatic rings. The van der Waals surface area contributed by atoms with Crippen LogP contribution in [0.3, 0.4) is 0 Å². The van der Waals surface area contributed by atoms with Crippen LogP contribution in [0.25, 0.3) is 11.0 Å². The van der Waals surface area contributed by atoms with Crippen molar-refractivity contribution in [2.24, 2.45) is 0 Å². The van der Waals surface area contributed by atoms with Crippen molar-refractivity contribution in [1.82, 2.24) is 19.9 Å². The van der Waals surface area contributed by atoms with Crippen LogP contribution in [0.2, 0.25) is 0 Å². The highest BCUT2D eigenvalue weighted by Crippen LogP contribution is 2.20. The summed E-state index contributed by atoms with van der Waals surface area (Å²) >= 11 is 0. The summed E-state index contributed by atoms with van der Waals surface area (Å²) in [6.07, 6.45) is 0. The van der Waals surface area contributed by atoms with E-state index in [1.54, 1.807) is 6.92 Å². The summed E-state index contributed by atoms with van der Waals surface area (Å²) in [4.78, 5) is 15.6. The number of rotatable bonds is 0. The average Bonchev–Trinajstić information content (AvgIpc) is 1.99. The number of hydrogen-bond donors (Lipinski definition) is 3. The first-order valence-corrected chi connectivity index (χ1v) is 3.90. The van der Waals surface area contributed by atoms with Gasteiger partial charge < -0.3 is 17.2 Å². The summed E-state index contributed by atoms with van der Waals surface area (Å²) in [5.74, 6) is 0.491. The fourth-order valence-electron chi connectivity index (χ4n) is 1.27. The van der Waals surface area contributed by atoms with Crippen LogP contribution in [-0.4, -0.2) is 19.9 Å². The lowest BCUT2D eigenvalue weighted by Crippen LogP contribution is -2.05. The molecule has 0 amide bonds. The maximum Gasteiger partial charge on any atom is 0.224 e. The van der Waals surface area contributed by atoms with E-state index >= 15 is 0 Å². The Labute approximate surface area is 79.4 Å². The normalized spacial score (nSPS) is 10.6. The van der Waals surface area contributed by atoms with Gasteiger partial charge in [-0.2, -0.15) is 15.0 Å². The molecule has 7 heteroatoms. The molecule has 0 aromatic carbocycles. The average molecular weight is 191 g/mol. The quantitative estimate of drug-likeness (QED) is 0.510. The van der Waals surface area contributed by atoms with E-state index in [0.29, 0.717) is 16.7 Å². The lowest BCUT2D eigenvalue weighted by Gasteiger charge is -2.04. The molecule has 2 rings (SSSR count). The smallest absolute Gasteiger partial charge is 0.224 e. The van der Waals surface area contributed by atoms with Crippen LogP contribution in [-0.2, 0) is 0 Å². The van der Waals surface area contributed by atoms with E-state index < -0.39 is 0 Å². The SMILES string of the molecule is Cc1nc(N)nc2nc(N)nc(N)c12. The summed E-state index contributed by atoms with van der Waals surface area (Å²) in [5, 5.41) is 0.591. The van der Waals surface area contributed by atoms with Crippen LogP contribution in [0.4, 0.5) is 17.7 Å². The second-order valence-corrected chi connectivity index (χ2v) is 2.83. The Bertz CT molecular complexity index is 464. The number of nitrogen functional groups attached to an aromatic ring is 3. The lowest BCUT2D eigenvalue weighted by molar-refractivity contribution is 1.12. The Hall–Kier alpha value is -2.18. The van der Waals surface area contributed by atoms with E-state index in [2.05, 4.69) is 19.9 Å². The van der Waals surface area contributed by atoms with Crippen molar-refractivity contribution in [1.29, 1.82) is 0 Å². The molecule has 7 nitrogen and oxygen atoms in total. The second-order valence-electron chi connectivity index (χ2n) is 2.83. The number of nitrogens with two attached hydrogens (primary N) is 3. The molecule has 0 radical (unpaired) electrons. The highest BCUT2D eigenvalue weighted by Gasteiger charge is 2.09. The van der Waals surface area contributed by atoms with Crippen molar-refractivity contribution in [2.45, 2.75) is 6.92 Å². The fraction of sp³-hybridized carbons (Fsp3) is 0.143. The monoisotopic (exact) mass is 191 g/mol. The maximum atomic E-state index is 5.66. The largest absolute Gasteiger partial charge is 0.383 e. The number of nitrogens with zero attached hydrogens (tertiary/aromatic N) is 4. The summed E-state index contributed by atoms with van der Waals surface area (Å²) in [6, 6.07) is 0. The van der Waals surface area contributed by atoms with Crippen LogP contribution in [0.5, 0.6) is 0 Å². The van der Waals surface area contributed by atoms with Gasteiger partial charge in [-0.1, -0.05) is 0 Å². The molecule has 2 aromatic heterocycles. The number of aromatic nitrogens is 4. The van der Waals surface area contributed by atoms with E-state index in [0.717, 1.165) is 0 Å². The molecule has 0 saturated carbocycles. The zero-order valence-corrected chi connectivity index (χ0v) is 7.52. The molecule has 0 atom stereocenters. The first-order chi connectivity index (χ1) is 6.58. The van der Waals surface area contributed by atoms with Crippen LogP contribution >= 0.6 is 0 Å². The number of anilines is 3. The Morgan fingerprint density at radius 1 is 0.857 bits per heavy atom. The molecule has 0 bridgehead atoms. The first-order valence-electron chi connectivity index (χ1n) is 3.90. The van der Waals surface area contributed by atoms with Crippen LogP contribution in [0, 0.1) is 6.92 Å². The highest BCUT2D eigenvalue weighted by molar-refractivity contribution is 5.88. The van der Waals surface area contributed by atoms with Crippen molar-refractivity contribution in [3.63, 3.8) is 0 Å². The summed E-state index contributed by atoms with van der Waals surface area (Å²) in [5.41, 5.74) is 17.6. The van der Waals surface area contributed by atoms with E-state index in [-0.39, 0.29) is 17.7 Å². The third-order valence-electron chi connectivity index (χ3n) is 1.80. The molecule has 0 fully saturated rings. The van der Waals surface area contributed by atoms with Crippen LogP contribution in [0.15, 0.2) is 0 Å². The molecule has 6 N–H and O–H groups in total. The zero-order chi connectivity index (χ0) is 10.3. The number of fused-ring (bicyclic) bond motifs is 1. The standard InChI is InChI=1S/C7H9N7/c1-2-3-4(8)12-7(10)14-5(3)13-6(9)11-2/h1H3,(H6,8,9,10,11,12,13,14). The van der Waals surface area contributed by atoms with Gasteiger partial charge in [-0.15, -0.1) is 0 Å². The lowest BCUT2D eigenvalue weighted by atomic mass is 10.3. The van der Waals surface area contributed by atoms with E-state index in [9.17, 15) is 0 Å². The minimum Gasteiger partial charge on any atom is -0.383 e. The summed E-state index contributed by atoms with van der Waals surface area (Å²) < 4.78 is 0. The molecule has 72 valence electrons. The van der Waals surface area contributed by atoms with Gasteiger partial charge >= 0.3 is 0 Å². The summed E-state index contributed by atoms with van der Waals surface area (Å²) in [6.45, 7) is 1.76. The van der Waals surface area contributed by atoms with Crippen LogP contribution in [0.1, 0.15) is 5.69 Å². The zero-order valence-electron chi connectivity index (χ0n) is 7.52. The van der Waals surface area contributed by atoms with Gasteiger partial charge in [-0.25, -0.2) is 4.98 Å². The molecule has 2 aromatic rings. The molecule has 0 aliphatic carbocycles. The maximum absolute atomic E-state index is 5.66. The summed E-state index contributed by atoms with van der Waals surface area (Å²) in [7, 11) is 0. The van der Waals surface area contributed by atoms with Crippen LogP contribution < -0.4 is 17.2 Å². The minimum atomic E-state index is 0.0764. The van der Waals surface area contributed by atoms with Crippen molar-refractivity contribution < 1.29 is 0 Å². The molecule has 2 heterocycles. The first kappa shape index (κ1) is 8.42. The predicted octanol–water partition coefficient (Wildman–Crippen LogP) is -0.525. The fourth-order valence-corrected chi connectivity index (χ4v) is 1.27. The highest BCUT2D eigenvalue weighted by atomic mass is 15.1. The van der Waals surface area contributed by atoms with Gasteiger partial charge in [0, 0.05) is 0 Å². The third kappa shape index (κ3) is 1.15. The molecule has 0 saturated heterocycles. The van der Waals surface area contributed by atoms with Crippen molar-refractivity contribution in [2.75, 3.05) is 17.2 Å². The molecule has 14 heavy (non-hydrogen) atoms. The minimum absolute atomic E-state index is 0.0764. The van der Waals surface area contributed by atoms with Crippen molar-refractivity contribution in [3.8, 4) is 0 Å². The molecular weight excluding hydrogens is 182 g/mol. The molecule has 0 spiro atoms.